The number of fused-ring (bicyclic) bond motifs is 1. The minimum atomic E-state index is -0.694. The number of aryl methyl sites for hydroxylation is 2. The first kappa shape index (κ1) is 10.7. The maximum atomic E-state index is 10.6. The van der Waals surface area contributed by atoms with Gasteiger partial charge in [-0.05, 0) is 45.1 Å². The van der Waals surface area contributed by atoms with Gasteiger partial charge in [0.05, 0.1) is 5.69 Å². The molecular formula is C12H18N2OS. The third-order valence-corrected chi connectivity index (χ3v) is 4.96. The zero-order valence-electron chi connectivity index (χ0n) is 9.46. The number of thiazole rings is 1. The highest BCUT2D eigenvalue weighted by molar-refractivity contribution is 7.11. The van der Waals surface area contributed by atoms with Gasteiger partial charge in [0, 0.05) is 11.4 Å². The van der Waals surface area contributed by atoms with E-state index in [-0.39, 0.29) is 0 Å². The highest BCUT2D eigenvalue weighted by Gasteiger charge is 2.35. The van der Waals surface area contributed by atoms with Gasteiger partial charge in [0.1, 0.15) is 10.6 Å². The predicted molar refractivity (Wildman–Crippen MR) is 64.8 cm³/mol. The molecule has 0 aromatic carbocycles. The van der Waals surface area contributed by atoms with Crippen LogP contribution in [0.2, 0.25) is 0 Å². The number of hydrogen-bond donors (Lipinski definition) is 2. The third kappa shape index (κ3) is 1.79. The number of rotatable bonds is 1. The lowest BCUT2D eigenvalue weighted by Crippen LogP contribution is -2.43. The second-order valence-corrected chi connectivity index (χ2v) is 5.99. The fourth-order valence-electron chi connectivity index (χ4n) is 2.62. The van der Waals surface area contributed by atoms with Gasteiger partial charge in [0.15, 0.2) is 0 Å². The van der Waals surface area contributed by atoms with Crippen LogP contribution in [0, 0.1) is 0 Å². The molecule has 1 aromatic rings. The first-order valence-corrected chi connectivity index (χ1v) is 7.02. The highest BCUT2D eigenvalue weighted by atomic mass is 32.1. The van der Waals surface area contributed by atoms with Gasteiger partial charge < -0.3 is 10.4 Å². The Morgan fingerprint density at radius 2 is 2.12 bits per heavy atom. The molecule has 2 aliphatic rings. The average molecular weight is 238 g/mol. The number of aliphatic hydroxyl groups is 1. The Kier molecular flexibility index (Phi) is 2.73. The summed E-state index contributed by atoms with van der Waals surface area (Å²) in [6.07, 6.45) is 6.71. The van der Waals surface area contributed by atoms with Gasteiger partial charge in [-0.25, -0.2) is 4.98 Å². The van der Waals surface area contributed by atoms with Crippen LogP contribution < -0.4 is 5.32 Å². The van der Waals surface area contributed by atoms with Crippen molar-refractivity contribution < 1.29 is 5.11 Å². The summed E-state index contributed by atoms with van der Waals surface area (Å²) in [4.78, 5) is 6.09. The molecule has 1 aromatic heterocycles. The first-order chi connectivity index (χ1) is 7.78. The van der Waals surface area contributed by atoms with E-state index in [1.165, 1.54) is 23.4 Å². The van der Waals surface area contributed by atoms with Gasteiger partial charge in [-0.2, -0.15) is 0 Å². The van der Waals surface area contributed by atoms with E-state index in [2.05, 4.69) is 10.3 Å². The van der Waals surface area contributed by atoms with E-state index in [4.69, 9.17) is 0 Å². The molecule has 3 nitrogen and oxygen atoms in total. The largest absolute Gasteiger partial charge is 0.381 e. The number of nitrogens with zero attached hydrogens (tertiary/aromatic N) is 1. The van der Waals surface area contributed by atoms with Crippen molar-refractivity contribution in [3.05, 3.63) is 15.6 Å². The summed E-state index contributed by atoms with van der Waals surface area (Å²) in [7, 11) is 0. The number of nitrogens with one attached hydrogen (secondary N) is 1. The lowest BCUT2D eigenvalue weighted by molar-refractivity contribution is 0.0120. The van der Waals surface area contributed by atoms with Crippen molar-refractivity contribution in [2.24, 2.45) is 0 Å². The van der Waals surface area contributed by atoms with Crippen LogP contribution in [0.15, 0.2) is 0 Å². The van der Waals surface area contributed by atoms with Crippen LogP contribution >= 0.6 is 11.3 Å². The van der Waals surface area contributed by atoms with E-state index >= 15 is 0 Å². The quantitative estimate of drug-likeness (QED) is 0.781. The van der Waals surface area contributed by atoms with Gasteiger partial charge in [0.2, 0.25) is 0 Å². The van der Waals surface area contributed by atoms with E-state index in [9.17, 15) is 5.11 Å². The molecule has 88 valence electrons. The summed E-state index contributed by atoms with van der Waals surface area (Å²) in [5, 5.41) is 14.8. The Balaban J connectivity index is 1.90. The normalized spacial score (nSPS) is 30.1. The molecular weight excluding hydrogens is 220 g/mol. The molecule has 1 aliphatic carbocycles. The van der Waals surface area contributed by atoms with E-state index < -0.39 is 5.60 Å². The van der Waals surface area contributed by atoms with Crippen LogP contribution in [0.5, 0.6) is 0 Å². The lowest BCUT2D eigenvalue weighted by atomic mass is 9.95. The van der Waals surface area contributed by atoms with Crippen LogP contribution in [0.1, 0.15) is 41.3 Å². The molecule has 1 unspecified atom stereocenters. The molecule has 1 aliphatic heterocycles. The van der Waals surface area contributed by atoms with E-state index in [1.807, 2.05) is 0 Å². The molecule has 0 radical (unpaired) electrons. The summed E-state index contributed by atoms with van der Waals surface area (Å²) in [6, 6.07) is 0. The predicted octanol–water partition coefficient (Wildman–Crippen LogP) is 1.59. The molecule has 4 heteroatoms. The first-order valence-electron chi connectivity index (χ1n) is 6.20. The molecule has 0 bridgehead atoms. The van der Waals surface area contributed by atoms with Gasteiger partial charge in [-0.3, -0.25) is 0 Å². The Morgan fingerprint density at radius 3 is 2.88 bits per heavy atom. The Bertz CT molecular complexity index is 359. The highest BCUT2D eigenvalue weighted by Crippen LogP contribution is 2.35. The maximum absolute atomic E-state index is 10.6. The maximum Gasteiger partial charge on any atom is 0.128 e. The second kappa shape index (κ2) is 4.09. The van der Waals surface area contributed by atoms with Crippen molar-refractivity contribution in [3.63, 3.8) is 0 Å². The van der Waals surface area contributed by atoms with Crippen molar-refractivity contribution >= 4 is 11.3 Å². The van der Waals surface area contributed by atoms with Crippen LogP contribution in [-0.2, 0) is 18.4 Å². The van der Waals surface area contributed by atoms with Crippen LogP contribution in [0.25, 0.3) is 0 Å². The van der Waals surface area contributed by atoms with Gasteiger partial charge in [0.25, 0.3) is 0 Å². The van der Waals surface area contributed by atoms with Crippen molar-refractivity contribution in [3.8, 4) is 0 Å². The summed E-state index contributed by atoms with van der Waals surface area (Å²) in [5.41, 5.74) is 0.561. The molecule has 1 fully saturated rings. The SMILES string of the molecule is OC1(c2nc3c(s2)CCCC3)CCCNC1. The number of hydrogen-bond acceptors (Lipinski definition) is 4. The standard InChI is InChI=1S/C12H18N2OS/c15-12(6-3-7-13-8-12)11-14-9-4-1-2-5-10(9)16-11/h13,15H,1-8H2. The molecule has 2 N–H and O–H groups in total. The van der Waals surface area contributed by atoms with Gasteiger partial charge in [-0.15, -0.1) is 11.3 Å². The van der Waals surface area contributed by atoms with Crippen LogP contribution in [-0.4, -0.2) is 23.2 Å². The molecule has 0 saturated carbocycles. The number of piperidine rings is 1. The number of β-amino-alcohol motifs (C(OH)–C–C–N with tert-alkyl or cyclic N) is 1. The minimum absolute atomic E-state index is 0.666. The Labute approximate surface area is 99.9 Å². The van der Waals surface area contributed by atoms with Gasteiger partial charge >= 0.3 is 0 Å². The van der Waals surface area contributed by atoms with E-state index in [1.54, 1.807) is 11.3 Å². The van der Waals surface area contributed by atoms with E-state index in [0.29, 0.717) is 6.54 Å². The van der Waals surface area contributed by atoms with Crippen molar-refractivity contribution in [2.75, 3.05) is 13.1 Å². The molecule has 0 spiro atoms. The summed E-state index contributed by atoms with van der Waals surface area (Å²) >= 11 is 1.74. The zero-order chi connectivity index (χ0) is 11.0. The molecule has 16 heavy (non-hydrogen) atoms. The van der Waals surface area contributed by atoms with Crippen LogP contribution in [0.4, 0.5) is 0 Å². The van der Waals surface area contributed by atoms with Gasteiger partial charge in [-0.1, -0.05) is 0 Å². The topological polar surface area (TPSA) is 45.2 Å². The fraction of sp³-hybridized carbons (Fsp3) is 0.750. The average Bonchev–Trinajstić information content (AvgIpc) is 2.74. The third-order valence-electron chi connectivity index (χ3n) is 3.61. The smallest absolute Gasteiger partial charge is 0.128 e. The zero-order valence-corrected chi connectivity index (χ0v) is 10.3. The number of aromatic nitrogens is 1. The summed E-state index contributed by atoms with van der Waals surface area (Å²) in [5.74, 6) is 0. The second-order valence-electron chi connectivity index (χ2n) is 4.91. The molecule has 1 atom stereocenters. The summed E-state index contributed by atoms with van der Waals surface area (Å²) < 4.78 is 0. The Hall–Kier alpha value is -0.450. The molecule has 0 amide bonds. The molecule has 3 rings (SSSR count). The van der Waals surface area contributed by atoms with Crippen molar-refractivity contribution in [1.29, 1.82) is 0 Å². The van der Waals surface area contributed by atoms with Crippen molar-refractivity contribution in [2.45, 2.75) is 44.1 Å². The van der Waals surface area contributed by atoms with Crippen LogP contribution in [0.3, 0.4) is 0 Å². The monoisotopic (exact) mass is 238 g/mol. The summed E-state index contributed by atoms with van der Waals surface area (Å²) in [6.45, 7) is 1.69. The lowest BCUT2D eigenvalue weighted by Gasteiger charge is -2.30. The van der Waals surface area contributed by atoms with Crippen molar-refractivity contribution in [1.82, 2.24) is 10.3 Å². The molecule has 1 saturated heterocycles. The fourth-order valence-corrected chi connectivity index (χ4v) is 3.89. The minimum Gasteiger partial charge on any atom is -0.381 e. The van der Waals surface area contributed by atoms with E-state index in [0.717, 1.165) is 37.2 Å². The molecule has 2 heterocycles. The Morgan fingerprint density at radius 1 is 1.25 bits per heavy atom.